The molecule has 4 aromatic rings. The van der Waals surface area contributed by atoms with E-state index in [1.165, 1.54) is 0 Å². The van der Waals surface area contributed by atoms with Crippen LogP contribution in [-0.2, 0) is 12.2 Å². The Morgan fingerprint density at radius 3 is 2.40 bits per heavy atom. The largest absolute Gasteiger partial charge is 0.331 e. The van der Waals surface area contributed by atoms with Crippen molar-refractivity contribution < 1.29 is 4.79 Å². The van der Waals surface area contributed by atoms with Crippen molar-refractivity contribution in [3.8, 4) is 11.3 Å². The van der Waals surface area contributed by atoms with Crippen molar-refractivity contribution in [3.63, 3.8) is 0 Å². The van der Waals surface area contributed by atoms with Gasteiger partial charge in [0.15, 0.2) is 5.82 Å². The number of carbonyl (C=O) groups excluding carboxylic acids is 1. The van der Waals surface area contributed by atoms with E-state index in [0.29, 0.717) is 16.9 Å². The summed E-state index contributed by atoms with van der Waals surface area (Å²) in [5.41, 5.74) is 3.66. The fourth-order valence-electron chi connectivity index (χ4n) is 3.13. The third-order valence-corrected chi connectivity index (χ3v) is 4.99. The van der Waals surface area contributed by atoms with Crippen LogP contribution in [0.25, 0.3) is 22.2 Å². The molecule has 0 fully saturated rings. The maximum absolute atomic E-state index is 12.6. The molecule has 0 aliphatic rings. The molecule has 30 heavy (non-hydrogen) atoms. The number of hydrogen-bond acceptors (Lipinski definition) is 4. The lowest BCUT2D eigenvalue weighted by atomic mass is 9.40. The van der Waals surface area contributed by atoms with Crippen LogP contribution < -0.4 is 5.32 Å². The van der Waals surface area contributed by atoms with Crippen molar-refractivity contribution in [2.24, 2.45) is 7.05 Å². The molecule has 4 rings (SSSR count). The number of benzene rings is 2. The smallest absolute Gasteiger partial charge is 0.256 e. The number of aromatic nitrogens is 4. The summed E-state index contributed by atoms with van der Waals surface area (Å²) < 4.78 is 2.01. The van der Waals surface area contributed by atoms with Crippen LogP contribution in [0.15, 0.2) is 54.7 Å². The topological polar surface area (TPSA) is 72.7 Å². The monoisotopic (exact) mass is 387 g/mol. The molecule has 0 spiro atoms. The normalized spacial score (nSPS) is 11.5. The summed E-state index contributed by atoms with van der Waals surface area (Å²) >= 11 is 0. The predicted molar refractivity (Wildman–Crippen MR) is 120 cm³/mol. The molecule has 0 unspecified atom stereocenters. The molecule has 2 heterocycles. The molecule has 6 radical (unpaired) electrons. The highest BCUT2D eigenvalue weighted by molar-refractivity contribution is 6.58. The van der Waals surface area contributed by atoms with Gasteiger partial charge in [0.2, 0.25) is 0 Å². The second kappa shape index (κ2) is 7.48. The van der Waals surface area contributed by atoms with E-state index in [1.807, 2.05) is 42.9 Å². The second-order valence-corrected chi connectivity index (χ2v) is 7.22. The van der Waals surface area contributed by atoms with Gasteiger partial charge in [-0.3, -0.25) is 4.79 Å². The molecule has 2 aromatic heterocycles. The van der Waals surface area contributed by atoms with Gasteiger partial charge in [-0.15, -0.1) is 15.3 Å². The van der Waals surface area contributed by atoms with Crippen molar-refractivity contribution in [2.45, 2.75) is 12.0 Å². The molecule has 1 amide bonds. The maximum Gasteiger partial charge on any atom is 0.256 e. The molecule has 6 nitrogen and oxygen atoms in total. The van der Waals surface area contributed by atoms with Crippen LogP contribution in [0.2, 0.25) is 0 Å². The van der Waals surface area contributed by atoms with Gasteiger partial charge in [0.25, 0.3) is 5.91 Å². The van der Waals surface area contributed by atoms with Gasteiger partial charge in [-0.25, -0.2) is 4.98 Å². The van der Waals surface area contributed by atoms with E-state index in [9.17, 15) is 4.79 Å². The van der Waals surface area contributed by atoms with Crippen LogP contribution in [0, 0.1) is 6.92 Å². The van der Waals surface area contributed by atoms with Gasteiger partial charge in [-0.2, -0.15) is 0 Å². The fourth-order valence-corrected chi connectivity index (χ4v) is 3.13. The predicted octanol–water partition coefficient (Wildman–Crippen LogP) is 2.21. The molecule has 0 atom stereocenters. The molecule has 9 heteroatoms. The van der Waals surface area contributed by atoms with E-state index in [1.54, 1.807) is 30.3 Å². The average Bonchev–Trinajstić information content (AvgIpc) is 3.05. The maximum atomic E-state index is 12.6. The van der Waals surface area contributed by atoms with Crippen LogP contribution in [0.3, 0.4) is 0 Å². The Kier molecular flexibility index (Phi) is 4.98. The Morgan fingerprint density at radius 2 is 1.77 bits per heavy atom. The lowest BCUT2D eigenvalue weighted by Crippen LogP contribution is -2.27. The van der Waals surface area contributed by atoms with E-state index in [4.69, 9.17) is 23.5 Å². The summed E-state index contributed by atoms with van der Waals surface area (Å²) in [7, 11) is 18.9. The van der Waals surface area contributed by atoms with E-state index < -0.39 is 5.11 Å². The first-order chi connectivity index (χ1) is 14.2. The van der Waals surface area contributed by atoms with E-state index in [2.05, 4.69) is 20.5 Å². The lowest BCUT2D eigenvalue weighted by Gasteiger charge is -2.20. The van der Waals surface area contributed by atoms with Crippen LogP contribution in [0.5, 0.6) is 0 Å². The molecule has 140 valence electrons. The molecule has 2 aromatic carbocycles. The zero-order valence-corrected chi connectivity index (χ0v) is 16.6. The molecular weight excluding hydrogens is 371 g/mol. The van der Waals surface area contributed by atoms with Gasteiger partial charge >= 0.3 is 0 Å². The van der Waals surface area contributed by atoms with E-state index in [-0.39, 0.29) is 5.91 Å². The molecular formula is C21H16B3N5O. The Balaban J connectivity index is 1.60. The summed E-state index contributed by atoms with van der Waals surface area (Å²) in [6.45, 7) is 1.95. The Hall–Kier alpha value is -3.35. The van der Waals surface area contributed by atoms with Crippen molar-refractivity contribution in [2.75, 3.05) is 5.32 Å². The minimum Gasteiger partial charge on any atom is -0.331 e. The highest BCUT2D eigenvalue weighted by Gasteiger charge is 2.14. The van der Waals surface area contributed by atoms with Gasteiger partial charge in [0, 0.05) is 23.6 Å². The van der Waals surface area contributed by atoms with Crippen molar-refractivity contribution in [1.82, 2.24) is 19.7 Å². The van der Waals surface area contributed by atoms with Gasteiger partial charge in [0.05, 0.1) is 40.9 Å². The van der Waals surface area contributed by atoms with Gasteiger partial charge < -0.3 is 9.88 Å². The van der Waals surface area contributed by atoms with Crippen LogP contribution in [0.4, 0.5) is 5.82 Å². The Bertz CT molecular complexity index is 1250. The van der Waals surface area contributed by atoms with E-state index >= 15 is 0 Å². The number of aryl methyl sites for hydroxylation is 1. The Morgan fingerprint density at radius 1 is 1.03 bits per heavy atom. The third kappa shape index (κ3) is 3.88. The van der Waals surface area contributed by atoms with Crippen molar-refractivity contribution >= 4 is 46.2 Å². The summed E-state index contributed by atoms with van der Waals surface area (Å²) in [5.74, 6) is 0.944. The zero-order chi connectivity index (χ0) is 21.5. The van der Waals surface area contributed by atoms with Crippen molar-refractivity contribution in [1.29, 1.82) is 0 Å². The quantitative estimate of drug-likeness (QED) is 0.546. The number of fused-ring (bicyclic) bond motifs is 1. The molecule has 0 aliphatic carbocycles. The molecule has 0 saturated heterocycles. The average molecular weight is 387 g/mol. The second-order valence-electron chi connectivity index (χ2n) is 7.22. The van der Waals surface area contributed by atoms with Crippen LogP contribution >= 0.6 is 0 Å². The fraction of sp³-hybridized carbons (Fsp3) is 0.143. The Labute approximate surface area is 178 Å². The van der Waals surface area contributed by atoms with Crippen molar-refractivity contribution in [3.05, 3.63) is 71.7 Å². The first-order valence-corrected chi connectivity index (χ1v) is 9.27. The number of nitrogens with zero attached hydrogens (tertiary/aromatic N) is 4. The van der Waals surface area contributed by atoms with Gasteiger partial charge in [-0.05, 0) is 37.3 Å². The third-order valence-electron chi connectivity index (χ3n) is 4.99. The minimum atomic E-state index is -1.46. The van der Waals surface area contributed by atoms with Crippen LogP contribution in [0.1, 0.15) is 21.7 Å². The first kappa shape index (κ1) is 19.9. The number of imidazole rings is 1. The summed E-state index contributed by atoms with van der Waals surface area (Å²) in [6.07, 6.45) is 1.83. The molecule has 0 bridgehead atoms. The minimum absolute atomic E-state index is 0.328. The zero-order valence-electron chi connectivity index (χ0n) is 16.6. The number of anilines is 1. The number of amides is 1. The number of carbonyl (C=O) groups is 1. The molecule has 1 N–H and O–H groups in total. The summed E-state index contributed by atoms with van der Waals surface area (Å²) in [6, 6.07) is 14.1. The van der Waals surface area contributed by atoms with E-state index in [0.717, 1.165) is 28.0 Å². The van der Waals surface area contributed by atoms with Gasteiger partial charge in [-0.1, -0.05) is 23.8 Å². The number of nitrogens with one attached hydrogen (secondary N) is 1. The lowest BCUT2D eigenvalue weighted by molar-refractivity contribution is 0.102. The SMILES string of the molecule is [B]C([B])([B])c1ccc(C(=O)Nc2cc3cc(-c4cnc(C)n4C)ccc3nn2)cc1. The highest BCUT2D eigenvalue weighted by atomic mass is 16.1. The van der Waals surface area contributed by atoms with Gasteiger partial charge in [0.1, 0.15) is 5.82 Å². The molecule has 0 aliphatic heterocycles. The van der Waals surface area contributed by atoms with Crippen LogP contribution in [-0.4, -0.2) is 49.2 Å². The number of rotatable bonds is 4. The number of hydrogen-bond donors (Lipinski definition) is 1. The highest BCUT2D eigenvalue weighted by Crippen LogP contribution is 2.25. The molecule has 0 saturated carbocycles. The first-order valence-electron chi connectivity index (χ1n) is 9.27. The summed E-state index contributed by atoms with van der Waals surface area (Å²) in [4.78, 5) is 16.9. The summed E-state index contributed by atoms with van der Waals surface area (Å²) in [5, 5.41) is 10.5. The standard InChI is InChI=1S/C21H16B3N5O/c1-12-25-11-18(29(12)2)14-5-8-17-15(9-14)10-19(28-27-17)26-20(30)13-3-6-16(7-4-13)21(22,23)24/h3-11H,1-2H3,(H,26,28,30).